The second kappa shape index (κ2) is 9.98. The Bertz CT molecular complexity index is 1050. The standard InChI is InChI=1S/C23H26N4O3S/c1-17-13-21(25-30-17)24-22(28)15-31-16-23(29)27-11-9-26(10-12-27)14-19-7-4-6-18-5-2-3-8-20(18)19/h2-8,13H,9-12,14-16H2,1H3,(H,24,25,28). The third-order valence-electron chi connectivity index (χ3n) is 5.35. The highest BCUT2D eigenvalue weighted by Crippen LogP contribution is 2.20. The quantitative estimate of drug-likeness (QED) is 0.611. The van der Waals surface area contributed by atoms with Crippen LogP contribution in [0.25, 0.3) is 10.8 Å². The molecule has 0 unspecified atom stereocenters. The first-order valence-corrected chi connectivity index (χ1v) is 11.5. The summed E-state index contributed by atoms with van der Waals surface area (Å²) in [6.07, 6.45) is 0. The number of aryl methyl sites for hydroxylation is 1. The van der Waals surface area contributed by atoms with E-state index in [0.29, 0.717) is 30.4 Å². The van der Waals surface area contributed by atoms with Crippen LogP contribution in [0.3, 0.4) is 0 Å². The molecule has 0 saturated carbocycles. The number of carbonyl (C=O) groups excluding carboxylic acids is 2. The summed E-state index contributed by atoms with van der Waals surface area (Å²) < 4.78 is 4.92. The molecule has 2 aromatic carbocycles. The maximum atomic E-state index is 12.5. The summed E-state index contributed by atoms with van der Waals surface area (Å²) in [5.74, 6) is 1.44. The van der Waals surface area contributed by atoms with Crippen LogP contribution in [0.2, 0.25) is 0 Å². The van der Waals surface area contributed by atoms with Crippen LogP contribution in [0.15, 0.2) is 53.1 Å². The van der Waals surface area contributed by atoms with Gasteiger partial charge in [0.25, 0.3) is 0 Å². The molecule has 1 aromatic heterocycles. The number of nitrogens with one attached hydrogen (secondary N) is 1. The van der Waals surface area contributed by atoms with Crippen molar-refractivity contribution in [2.24, 2.45) is 0 Å². The monoisotopic (exact) mass is 438 g/mol. The van der Waals surface area contributed by atoms with E-state index >= 15 is 0 Å². The van der Waals surface area contributed by atoms with Crippen molar-refractivity contribution in [2.45, 2.75) is 13.5 Å². The summed E-state index contributed by atoms with van der Waals surface area (Å²) in [5.41, 5.74) is 1.32. The van der Waals surface area contributed by atoms with E-state index in [-0.39, 0.29) is 17.6 Å². The minimum atomic E-state index is -0.189. The zero-order valence-electron chi connectivity index (χ0n) is 17.5. The van der Waals surface area contributed by atoms with Crippen LogP contribution in [0.5, 0.6) is 0 Å². The van der Waals surface area contributed by atoms with E-state index in [0.717, 1.165) is 19.6 Å². The van der Waals surface area contributed by atoms with Crippen molar-refractivity contribution in [1.29, 1.82) is 0 Å². The molecule has 1 N–H and O–H groups in total. The molecule has 0 spiro atoms. The number of thioether (sulfide) groups is 1. The molecule has 31 heavy (non-hydrogen) atoms. The second-order valence-corrected chi connectivity index (χ2v) is 8.64. The molecule has 0 atom stereocenters. The number of rotatable bonds is 7. The number of carbonyl (C=O) groups is 2. The normalized spacial score (nSPS) is 14.7. The summed E-state index contributed by atoms with van der Waals surface area (Å²) in [6.45, 7) is 5.79. The predicted octanol–water partition coefficient (Wildman–Crippen LogP) is 3.15. The van der Waals surface area contributed by atoms with Gasteiger partial charge in [-0.15, -0.1) is 11.8 Å². The van der Waals surface area contributed by atoms with Crippen molar-refractivity contribution in [2.75, 3.05) is 43.0 Å². The van der Waals surface area contributed by atoms with Crippen molar-refractivity contribution in [3.8, 4) is 0 Å². The lowest BCUT2D eigenvalue weighted by Gasteiger charge is -2.35. The van der Waals surface area contributed by atoms with Gasteiger partial charge in [-0.25, -0.2) is 0 Å². The molecule has 8 heteroatoms. The molecule has 0 bridgehead atoms. The molecule has 2 heterocycles. The Morgan fingerprint density at radius 2 is 1.84 bits per heavy atom. The Hall–Kier alpha value is -2.84. The van der Waals surface area contributed by atoms with Crippen LogP contribution in [-0.4, -0.2) is 64.5 Å². The Labute approximate surface area is 185 Å². The first-order valence-electron chi connectivity index (χ1n) is 10.4. The van der Waals surface area contributed by atoms with Crippen molar-refractivity contribution in [3.05, 3.63) is 59.9 Å². The number of piperazine rings is 1. The van der Waals surface area contributed by atoms with Crippen molar-refractivity contribution < 1.29 is 14.1 Å². The van der Waals surface area contributed by atoms with Crippen LogP contribution in [0.4, 0.5) is 5.82 Å². The minimum Gasteiger partial charge on any atom is -0.360 e. The van der Waals surface area contributed by atoms with Gasteiger partial charge in [0.15, 0.2) is 5.82 Å². The third kappa shape index (κ3) is 5.65. The van der Waals surface area contributed by atoms with Gasteiger partial charge >= 0.3 is 0 Å². The van der Waals surface area contributed by atoms with E-state index in [1.54, 1.807) is 13.0 Å². The minimum absolute atomic E-state index is 0.0832. The number of hydrogen-bond donors (Lipinski definition) is 1. The smallest absolute Gasteiger partial charge is 0.235 e. The van der Waals surface area contributed by atoms with Gasteiger partial charge in [-0.05, 0) is 23.3 Å². The lowest BCUT2D eigenvalue weighted by atomic mass is 10.0. The average Bonchev–Trinajstić information content (AvgIpc) is 3.19. The fraction of sp³-hybridized carbons (Fsp3) is 0.348. The van der Waals surface area contributed by atoms with E-state index in [1.807, 2.05) is 4.90 Å². The Balaban J connectivity index is 1.19. The van der Waals surface area contributed by atoms with Crippen LogP contribution in [-0.2, 0) is 16.1 Å². The van der Waals surface area contributed by atoms with Crippen molar-refractivity contribution >= 4 is 40.2 Å². The first-order chi connectivity index (χ1) is 15.1. The van der Waals surface area contributed by atoms with Crippen LogP contribution < -0.4 is 5.32 Å². The molecule has 162 valence electrons. The van der Waals surface area contributed by atoms with Gasteiger partial charge in [0, 0.05) is 38.8 Å². The SMILES string of the molecule is Cc1cc(NC(=O)CSCC(=O)N2CCN(Cc3cccc4ccccc34)CC2)no1. The highest BCUT2D eigenvalue weighted by Gasteiger charge is 2.21. The maximum absolute atomic E-state index is 12.5. The topological polar surface area (TPSA) is 78.7 Å². The Morgan fingerprint density at radius 1 is 1.06 bits per heavy atom. The van der Waals surface area contributed by atoms with E-state index < -0.39 is 0 Å². The number of aromatic nitrogens is 1. The van der Waals surface area contributed by atoms with Gasteiger partial charge in [-0.3, -0.25) is 14.5 Å². The fourth-order valence-corrected chi connectivity index (χ4v) is 4.47. The molecule has 2 amide bonds. The molecular weight excluding hydrogens is 412 g/mol. The summed E-state index contributed by atoms with van der Waals surface area (Å²) >= 11 is 1.32. The number of hydrogen-bond acceptors (Lipinski definition) is 6. The largest absolute Gasteiger partial charge is 0.360 e. The number of amides is 2. The summed E-state index contributed by atoms with van der Waals surface area (Å²) in [7, 11) is 0. The van der Waals surface area contributed by atoms with Crippen molar-refractivity contribution in [3.63, 3.8) is 0 Å². The summed E-state index contributed by atoms with van der Waals surface area (Å²) in [5, 5.41) is 8.94. The molecule has 3 aromatic rings. The predicted molar refractivity (Wildman–Crippen MR) is 123 cm³/mol. The summed E-state index contributed by atoms with van der Waals surface area (Å²) in [6, 6.07) is 16.5. The third-order valence-corrected chi connectivity index (χ3v) is 6.27. The van der Waals surface area contributed by atoms with Gasteiger partial charge < -0.3 is 14.7 Å². The number of nitrogens with zero attached hydrogens (tertiary/aromatic N) is 3. The molecule has 1 aliphatic rings. The second-order valence-electron chi connectivity index (χ2n) is 7.66. The zero-order chi connectivity index (χ0) is 21.6. The maximum Gasteiger partial charge on any atom is 0.235 e. The van der Waals surface area contributed by atoms with E-state index in [9.17, 15) is 9.59 Å². The molecular formula is C23H26N4O3S. The zero-order valence-corrected chi connectivity index (χ0v) is 18.4. The molecule has 7 nitrogen and oxygen atoms in total. The molecule has 0 radical (unpaired) electrons. The Kier molecular flexibility index (Phi) is 6.89. The molecule has 1 fully saturated rings. The molecule has 1 saturated heterocycles. The van der Waals surface area contributed by atoms with Gasteiger partial charge in [0.05, 0.1) is 11.5 Å². The lowest BCUT2D eigenvalue weighted by molar-refractivity contribution is -0.130. The summed E-state index contributed by atoms with van der Waals surface area (Å²) in [4.78, 5) is 28.7. The highest BCUT2D eigenvalue weighted by atomic mass is 32.2. The van der Waals surface area contributed by atoms with Gasteiger partial charge in [-0.1, -0.05) is 47.6 Å². The van der Waals surface area contributed by atoms with E-state index in [4.69, 9.17) is 4.52 Å². The number of anilines is 1. The fourth-order valence-electron chi connectivity index (χ4n) is 3.75. The van der Waals surface area contributed by atoms with Crippen LogP contribution in [0.1, 0.15) is 11.3 Å². The number of benzene rings is 2. The highest BCUT2D eigenvalue weighted by molar-refractivity contribution is 8.00. The first kappa shape index (κ1) is 21.4. The van der Waals surface area contributed by atoms with Crippen molar-refractivity contribution in [1.82, 2.24) is 15.0 Å². The molecule has 1 aliphatic heterocycles. The van der Waals surface area contributed by atoms with E-state index in [1.165, 1.54) is 28.1 Å². The molecule has 0 aliphatic carbocycles. The van der Waals surface area contributed by atoms with E-state index in [2.05, 4.69) is 57.8 Å². The average molecular weight is 439 g/mol. The van der Waals surface area contributed by atoms with Crippen LogP contribution in [0, 0.1) is 6.92 Å². The van der Waals surface area contributed by atoms with Gasteiger partial charge in [0.1, 0.15) is 5.76 Å². The lowest BCUT2D eigenvalue weighted by Crippen LogP contribution is -2.48. The van der Waals surface area contributed by atoms with Gasteiger partial charge in [0.2, 0.25) is 11.8 Å². The van der Waals surface area contributed by atoms with Crippen LogP contribution >= 0.6 is 11.8 Å². The Morgan fingerprint density at radius 3 is 2.61 bits per heavy atom. The van der Waals surface area contributed by atoms with Gasteiger partial charge in [-0.2, -0.15) is 0 Å². The molecule has 4 rings (SSSR count). The number of fused-ring (bicyclic) bond motifs is 1.